The highest BCUT2D eigenvalue weighted by molar-refractivity contribution is 6.44. The average molecular weight is 452 g/mol. The van der Waals surface area contributed by atoms with Crippen LogP contribution in [0.1, 0.15) is 25.5 Å². The summed E-state index contributed by atoms with van der Waals surface area (Å²) in [6, 6.07) is 1.78. The van der Waals surface area contributed by atoms with E-state index in [-0.39, 0.29) is 44.9 Å². The number of ether oxygens (including phenoxy) is 1. The Hall–Kier alpha value is -3.37. The van der Waals surface area contributed by atoms with Crippen LogP contribution in [0, 0.1) is 0 Å². The fourth-order valence-corrected chi connectivity index (χ4v) is 3.05. The minimum Gasteiger partial charge on any atom is -0.504 e. The van der Waals surface area contributed by atoms with E-state index in [9.17, 15) is 19.8 Å². The smallest absolute Gasteiger partial charge is 0.358 e. The van der Waals surface area contributed by atoms with Gasteiger partial charge < -0.3 is 20.3 Å². The lowest BCUT2D eigenvalue weighted by Crippen LogP contribution is -2.45. The molecule has 0 fully saturated rings. The summed E-state index contributed by atoms with van der Waals surface area (Å²) in [5.41, 5.74) is -0.118. The molecule has 2 heterocycles. The Morgan fingerprint density at radius 1 is 1.30 bits per heavy atom. The normalized spacial score (nSPS) is 13.9. The van der Waals surface area contributed by atoms with E-state index in [1.165, 1.54) is 18.3 Å². The second-order valence-corrected chi connectivity index (χ2v) is 7.21. The van der Waals surface area contributed by atoms with Crippen LogP contribution < -0.4 is 15.1 Å². The number of carbonyl (C=O) groups is 2. The Morgan fingerprint density at radius 2 is 1.93 bits per heavy atom. The fourth-order valence-electron chi connectivity index (χ4n) is 2.50. The molecule has 0 bridgehead atoms. The van der Waals surface area contributed by atoms with Gasteiger partial charge in [0.2, 0.25) is 0 Å². The molecule has 10 nitrogen and oxygen atoms in total. The lowest BCUT2D eigenvalue weighted by molar-refractivity contribution is -0.129. The van der Waals surface area contributed by atoms with Crippen LogP contribution in [0.5, 0.6) is 17.5 Å². The van der Waals surface area contributed by atoms with Gasteiger partial charge in [0.1, 0.15) is 0 Å². The van der Waals surface area contributed by atoms with Crippen molar-refractivity contribution < 1.29 is 24.5 Å². The number of urea groups is 1. The van der Waals surface area contributed by atoms with Gasteiger partial charge in [-0.05, 0) is 18.1 Å². The quantitative estimate of drug-likeness (QED) is 0.626. The molecule has 0 spiro atoms. The number of hydrogen-bond acceptors (Lipinski definition) is 7. The van der Waals surface area contributed by atoms with Crippen LogP contribution in [0.25, 0.3) is 0 Å². The number of hydrogen-bond donors (Lipinski definition) is 3. The highest BCUT2D eigenvalue weighted by Gasteiger charge is 2.29. The SMILES string of the molecule is C=C1NC(=O)N(c2cc(Cl)c(Oc3ncc(O)c(C(C)C)n3)c(Cl)c2)N=C1C(=O)O. The number of amides is 2. The summed E-state index contributed by atoms with van der Waals surface area (Å²) in [7, 11) is 0. The fraction of sp³-hybridized carbons (Fsp3) is 0.167. The first-order valence-corrected chi connectivity index (χ1v) is 9.19. The van der Waals surface area contributed by atoms with Crippen LogP contribution >= 0.6 is 23.2 Å². The molecule has 0 radical (unpaired) electrons. The van der Waals surface area contributed by atoms with Crippen LogP contribution in [-0.2, 0) is 4.79 Å². The minimum atomic E-state index is -1.37. The van der Waals surface area contributed by atoms with Gasteiger partial charge >= 0.3 is 18.0 Å². The van der Waals surface area contributed by atoms with E-state index >= 15 is 0 Å². The maximum atomic E-state index is 12.2. The summed E-state index contributed by atoms with van der Waals surface area (Å²) in [6.45, 7) is 7.12. The van der Waals surface area contributed by atoms with Crippen molar-refractivity contribution in [2.24, 2.45) is 5.10 Å². The van der Waals surface area contributed by atoms with E-state index in [2.05, 4.69) is 27.0 Å². The number of carboxylic acids is 1. The van der Waals surface area contributed by atoms with Gasteiger partial charge in [-0.25, -0.2) is 9.59 Å². The van der Waals surface area contributed by atoms with E-state index in [4.69, 9.17) is 27.9 Å². The van der Waals surface area contributed by atoms with E-state index in [1.54, 1.807) is 0 Å². The topological polar surface area (TPSA) is 137 Å². The largest absolute Gasteiger partial charge is 0.504 e. The summed E-state index contributed by atoms with van der Waals surface area (Å²) in [4.78, 5) is 31.5. The number of nitrogens with one attached hydrogen (secondary N) is 1. The zero-order chi connectivity index (χ0) is 22.2. The Morgan fingerprint density at radius 3 is 2.50 bits per heavy atom. The number of hydrazone groups is 1. The number of carbonyl (C=O) groups excluding carboxylic acids is 1. The standard InChI is InChI=1S/C18H15Cl2N5O5/c1-7(2)13-12(26)6-21-17(23-13)30-15-10(19)4-9(5-11(15)20)25-18(29)22-8(3)14(24-25)16(27)28/h4-7,26H,3H2,1-2H3,(H,22,29)(H,27,28). The Kier molecular flexibility index (Phi) is 5.81. The Balaban J connectivity index is 1.97. The third kappa shape index (κ3) is 4.14. The molecule has 0 saturated carbocycles. The predicted molar refractivity (Wildman–Crippen MR) is 110 cm³/mol. The zero-order valence-corrected chi connectivity index (χ0v) is 17.2. The third-order valence-electron chi connectivity index (χ3n) is 3.88. The number of rotatable bonds is 5. The number of carboxylic acid groups (broad SMARTS) is 1. The second kappa shape index (κ2) is 8.17. The Bertz CT molecular complexity index is 1080. The summed E-state index contributed by atoms with van der Waals surface area (Å²) >= 11 is 12.5. The van der Waals surface area contributed by atoms with Crippen molar-refractivity contribution in [1.29, 1.82) is 0 Å². The van der Waals surface area contributed by atoms with Crippen molar-refractivity contribution in [3.8, 4) is 17.5 Å². The summed E-state index contributed by atoms with van der Waals surface area (Å²) in [6.07, 6.45) is 1.20. The molecule has 1 aromatic heterocycles. The number of halogens is 2. The molecule has 3 N–H and O–H groups in total. The summed E-state index contributed by atoms with van der Waals surface area (Å²) in [5.74, 6) is -1.52. The number of benzene rings is 1. The third-order valence-corrected chi connectivity index (χ3v) is 4.44. The van der Waals surface area contributed by atoms with Gasteiger partial charge in [0, 0.05) is 0 Å². The molecule has 0 aliphatic carbocycles. The number of anilines is 1. The van der Waals surface area contributed by atoms with E-state index in [0.717, 1.165) is 5.01 Å². The number of aromatic hydroxyl groups is 1. The molecule has 12 heteroatoms. The predicted octanol–water partition coefficient (Wildman–Crippen LogP) is 3.89. The summed E-state index contributed by atoms with van der Waals surface area (Å²) in [5, 5.41) is 25.9. The first-order valence-electron chi connectivity index (χ1n) is 8.43. The number of nitrogens with zero attached hydrogens (tertiary/aromatic N) is 4. The van der Waals surface area contributed by atoms with E-state index < -0.39 is 17.7 Å². The molecular formula is C18H15Cl2N5O5. The maximum absolute atomic E-state index is 12.2. The highest BCUT2D eigenvalue weighted by atomic mass is 35.5. The van der Waals surface area contributed by atoms with Crippen LogP contribution in [0.3, 0.4) is 0 Å². The molecular weight excluding hydrogens is 437 g/mol. The van der Waals surface area contributed by atoms with Crippen LogP contribution in [0.15, 0.2) is 35.7 Å². The van der Waals surface area contributed by atoms with Gasteiger partial charge in [-0.1, -0.05) is 43.6 Å². The average Bonchev–Trinajstić information content (AvgIpc) is 2.65. The van der Waals surface area contributed by atoms with Crippen LogP contribution in [0.2, 0.25) is 10.0 Å². The van der Waals surface area contributed by atoms with Gasteiger partial charge in [-0.15, -0.1) is 0 Å². The van der Waals surface area contributed by atoms with E-state index in [1.807, 2.05) is 13.8 Å². The second-order valence-electron chi connectivity index (χ2n) is 6.39. The van der Waals surface area contributed by atoms with Crippen molar-refractivity contribution >= 4 is 46.6 Å². The number of aromatic nitrogens is 2. The first-order chi connectivity index (χ1) is 14.1. The minimum absolute atomic E-state index is 0.00624. The molecule has 30 heavy (non-hydrogen) atoms. The van der Waals surface area contributed by atoms with Gasteiger partial charge in [0.05, 0.1) is 33.3 Å². The molecule has 1 aliphatic rings. The first kappa shape index (κ1) is 21.3. The highest BCUT2D eigenvalue weighted by Crippen LogP contribution is 2.40. The van der Waals surface area contributed by atoms with Gasteiger partial charge in [-0.3, -0.25) is 0 Å². The Labute approximate surface area is 180 Å². The molecule has 156 valence electrons. The molecule has 1 aliphatic heterocycles. The number of aliphatic carboxylic acids is 1. The maximum Gasteiger partial charge on any atom is 0.358 e. The van der Waals surface area contributed by atoms with Gasteiger partial charge in [0.15, 0.2) is 17.2 Å². The molecule has 3 rings (SSSR count). The summed E-state index contributed by atoms with van der Waals surface area (Å²) < 4.78 is 5.57. The molecule has 0 saturated heterocycles. The van der Waals surface area contributed by atoms with Crippen molar-refractivity contribution in [3.63, 3.8) is 0 Å². The van der Waals surface area contributed by atoms with Gasteiger partial charge in [-0.2, -0.15) is 20.1 Å². The van der Waals surface area contributed by atoms with Crippen molar-refractivity contribution in [2.75, 3.05) is 5.01 Å². The van der Waals surface area contributed by atoms with E-state index in [0.29, 0.717) is 5.69 Å². The van der Waals surface area contributed by atoms with Crippen LogP contribution in [-0.4, -0.2) is 37.9 Å². The van der Waals surface area contributed by atoms with Crippen molar-refractivity contribution in [1.82, 2.24) is 15.3 Å². The van der Waals surface area contributed by atoms with Crippen molar-refractivity contribution in [2.45, 2.75) is 19.8 Å². The molecule has 2 aromatic rings. The zero-order valence-electron chi connectivity index (χ0n) is 15.7. The molecule has 0 atom stereocenters. The molecule has 1 aromatic carbocycles. The van der Waals surface area contributed by atoms with Gasteiger partial charge in [0.25, 0.3) is 0 Å². The monoisotopic (exact) mass is 451 g/mol. The van der Waals surface area contributed by atoms with Crippen molar-refractivity contribution in [3.05, 3.63) is 46.3 Å². The molecule has 0 unspecified atom stereocenters. The molecule has 2 amide bonds. The van der Waals surface area contributed by atoms with Crippen LogP contribution in [0.4, 0.5) is 10.5 Å². The lowest BCUT2D eigenvalue weighted by atomic mass is 10.1. The lowest BCUT2D eigenvalue weighted by Gasteiger charge is -2.24.